The van der Waals surface area contributed by atoms with E-state index in [1.807, 2.05) is 44.2 Å². The number of carbonyl (C=O) groups is 2. The molecule has 0 aliphatic heterocycles. The maximum atomic E-state index is 14.1. The highest BCUT2D eigenvalue weighted by Gasteiger charge is 2.34. The van der Waals surface area contributed by atoms with Gasteiger partial charge in [-0.3, -0.25) is 18.6 Å². The maximum absolute atomic E-state index is 14.1. The molecule has 0 fully saturated rings. The van der Waals surface area contributed by atoms with Crippen LogP contribution >= 0.6 is 7.75 Å². The van der Waals surface area contributed by atoms with E-state index in [0.717, 1.165) is 44.1 Å². The van der Waals surface area contributed by atoms with Gasteiger partial charge in [0.15, 0.2) is 6.10 Å². The van der Waals surface area contributed by atoms with E-state index in [4.69, 9.17) is 18.5 Å². The first-order valence-corrected chi connectivity index (χ1v) is 26.4. The number of ether oxygens (including phenoxy) is 2. The molecule has 2 atom stereocenters. The largest absolute Gasteiger partial charge is 0.462 e. The maximum Gasteiger partial charge on any atom is 0.408 e. The molecule has 0 aromatic heterocycles. The second-order valence-electron chi connectivity index (χ2n) is 16.9. The first kappa shape index (κ1) is 55.3. The van der Waals surface area contributed by atoms with E-state index < -0.39 is 13.9 Å². The molecule has 0 bridgehead atoms. The third kappa shape index (κ3) is 32.6. The lowest BCUT2D eigenvalue weighted by Crippen LogP contribution is -2.31. The van der Waals surface area contributed by atoms with E-state index in [2.05, 4.69) is 13.8 Å². The van der Waals surface area contributed by atoms with E-state index in [9.17, 15) is 14.2 Å². The van der Waals surface area contributed by atoms with Crippen molar-refractivity contribution in [3.8, 4) is 0 Å². The highest BCUT2D eigenvalue weighted by Crippen LogP contribution is 2.52. The van der Waals surface area contributed by atoms with E-state index in [0.29, 0.717) is 25.9 Å². The number of esters is 2. The van der Waals surface area contributed by atoms with Crippen LogP contribution in [-0.2, 0) is 39.3 Å². The van der Waals surface area contributed by atoms with Gasteiger partial charge in [0, 0.05) is 25.9 Å². The Morgan fingerprint density at radius 1 is 0.492 bits per heavy atom. The summed E-state index contributed by atoms with van der Waals surface area (Å²) in [4.78, 5) is 25.8. The first-order valence-electron chi connectivity index (χ1n) is 24.9. The van der Waals surface area contributed by atoms with Gasteiger partial charge in [-0.15, -0.1) is 0 Å². The molecule has 344 valence electrons. The van der Waals surface area contributed by atoms with Gasteiger partial charge in [0.1, 0.15) is 6.61 Å². The molecule has 0 saturated carbocycles. The Balaban J connectivity index is 2.47. The summed E-state index contributed by atoms with van der Waals surface area (Å²) in [5.74, 6) is -0.662. The molecule has 1 rings (SSSR count). The van der Waals surface area contributed by atoms with Gasteiger partial charge in [-0.2, -0.15) is 0 Å². The van der Waals surface area contributed by atoms with Crippen molar-refractivity contribution in [1.29, 1.82) is 0 Å². The highest BCUT2D eigenvalue weighted by atomic mass is 31.2. The van der Waals surface area contributed by atoms with Crippen LogP contribution in [0.4, 0.5) is 0 Å². The third-order valence-corrected chi connectivity index (χ3v) is 13.6. The molecule has 0 N–H and O–H groups in total. The van der Waals surface area contributed by atoms with E-state index in [1.165, 1.54) is 154 Å². The Hall–Kier alpha value is -1.73. The molecule has 1 aromatic rings. The predicted molar refractivity (Wildman–Crippen MR) is 248 cm³/mol. The van der Waals surface area contributed by atoms with Crippen LogP contribution in [0.3, 0.4) is 0 Å². The number of hydrogen-bond donors (Lipinski definition) is 0. The summed E-state index contributed by atoms with van der Waals surface area (Å²) in [5, 5.41) is 0. The zero-order chi connectivity index (χ0) is 42.9. The fraction of sp³-hybridized carbons (Fsp3) is 0.840. The van der Waals surface area contributed by atoms with Crippen molar-refractivity contribution in [3.63, 3.8) is 0 Å². The van der Waals surface area contributed by atoms with Gasteiger partial charge < -0.3 is 9.47 Å². The lowest BCUT2D eigenvalue weighted by atomic mass is 10.0. The standard InChI is InChI=1S/C50H92NO7P/c1-5-9-11-13-15-17-19-21-23-25-27-29-31-33-38-42-49(52)55-45-48(46-57-59(54,51(7-3)8-4)56-44-47-40-36-35-37-41-47)58-50(53)43-39-34-32-30-28-26-24-22-20-18-16-14-12-10-6-2/h35-37,40-41,48H,5-34,38-39,42-46H2,1-4H3. The first-order chi connectivity index (χ1) is 28.9. The molecule has 0 amide bonds. The lowest BCUT2D eigenvalue weighted by molar-refractivity contribution is -0.161. The van der Waals surface area contributed by atoms with E-state index in [-0.39, 0.29) is 31.8 Å². The molecule has 0 saturated heterocycles. The second kappa shape index (κ2) is 40.3. The molecular formula is C50H92NO7P. The molecule has 9 heteroatoms. The Bertz CT molecular complexity index is 1130. The zero-order valence-corrected chi connectivity index (χ0v) is 39.8. The van der Waals surface area contributed by atoms with Crippen LogP contribution in [0.1, 0.15) is 239 Å². The van der Waals surface area contributed by atoms with Crippen LogP contribution < -0.4 is 0 Å². The molecule has 1 aromatic carbocycles. The van der Waals surface area contributed by atoms with Gasteiger partial charge in [-0.05, 0) is 18.4 Å². The number of nitrogens with zero attached hydrogens (tertiary/aromatic N) is 1. The summed E-state index contributed by atoms with van der Waals surface area (Å²) >= 11 is 0. The fourth-order valence-electron chi connectivity index (χ4n) is 7.58. The van der Waals surface area contributed by atoms with Gasteiger partial charge in [-0.25, -0.2) is 9.24 Å². The Labute approximate surface area is 364 Å². The molecule has 2 unspecified atom stereocenters. The average Bonchev–Trinajstić information content (AvgIpc) is 3.24. The minimum Gasteiger partial charge on any atom is -0.462 e. The van der Waals surface area contributed by atoms with Gasteiger partial charge in [-0.1, -0.05) is 238 Å². The summed E-state index contributed by atoms with van der Waals surface area (Å²) < 4.78 is 39.2. The summed E-state index contributed by atoms with van der Waals surface area (Å²) in [6, 6.07) is 9.55. The van der Waals surface area contributed by atoms with E-state index in [1.54, 1.807) is 4.67 Å². The summed E-state index contributed by atoms with van der Waals surface area (Å²) in [6.45, 7) is 9.04. The average molecular weight is 850 g/mol. The van der Waals surface area contributed by atoms with Crippen LogP contribution in [-0.4, -0.2) is 49.0 Å². The van der Waals surface area contributed by atoms with Gasteiger partial charge in [0.25, 0.3) is 0 Å². The van der Waals surface area contributed by atoms with Gasteiger partial charge in [0.2, 0.25) is 0 Å². The van der Waals surface area contributed by atoms with Crippen LogP contribution in [0.2, 0.25) is 0 Å². The minimum absolute atomic E-state index is 0.118. The number of benzene rings is 1. The number of rotatable bonds is 44. The Morgan fingerprint density at radius 3 is 1.25 bits per heavy atom. The number of unbranched alkanes of at least 4 members (excludes halogenated alkanes) is 28. The topological polar surface area (TPSA) is 91.4 Å². The Morgan fingerprint density at radius 2 is 0.864 bits per heavy atom. The molecule has 59 heavy (non-hydrogen) atoms. The molecule has 0 aliphatic carbocycles. The normalized spacial score (nSPS) is 13.1. The van der Waals surface area contributed by atoms with Crippen molar-refractivity contribution in [2.24, 2.45) is 0 Å². The predicted octanol–water partition coefficient (Wildman–Crippen LogP) is 15.6. The smallest absolute Gasteiger partial charge is 0.408 e. The van der Waals surface area contributed by atoms with Crippen molar-refractivity contribution in [3.05, 3.63) is 35.9 Å². The van der Waals surface area contributed by atoms with Gasteiger partial charge in [0.05, 0.1) is 13.2 Å². The molecule has 0 radical (unpaired) electrons. The van der Waals surface area contributed by atoms with Crippen molar-refractivity contribution in [2.45, 2.75) is 246 Å². The monoisotopic (exact) mass is 850 g/mol. The third-order valence-electron chi connectivity index (χ3n) is 11.4. The van der Waals surface area contributed by atoms with Crippen LogP contribution in [0.25, 0.3) is 0 Å². The number of carbonyl (C=O) groups excluding carboxylic acids is 2. The lowest BCUT2D eigenvalue weighted by Gasteiger charge is -2.29. The quantitative estimate of drug-likeness (QED) is 0.0364. The summed E-state index contributed by atoms with van der Waals surface area (Å²) in [6.07, 6.45) is 37.6. The molecule has 0 heterocycles. The second-order valence-corrected chi connectivity index (χ2v) is 18.9. The van der Waals surface area contributed by atoms with Crippen LogP contribution in [0, 0.1) is 0 Å². The summed E-state index contributed by atoms with van der Waals surface area (Å²) in [5.41, 5.74) is 0.877. The summed E-state index contributed by atoms with van der Waals surface area (Å²) in [7, 11) is -3.74. The van der Waals surface area contributed by atoms with Gasteiger partial charge >= 0.3 is 19.7 Å². The zero-order valence-electron chi connectivity index (χ0n) is 38.9. The molecule has 0 aliphatic rings. The van der Waals surface area contributed by atoms with E-state index >= 15 is 0 Å². The van der Waals surface area contributed by atoms with Crippen LogP contribution in [0.5, 0.6) is 0 Å². The SMILES string of the molecule is CCCCCCCCCCCCCCCCCC(=O)OCC(COP(=O)(OCc1ccccc1)N(CC)CC)OC(=O)CCCCCCCCCCCCCCCCC. The van der Waals surface area contributed by atoms with Crippen molar-refractivity contribution < 1.29 is 32.7 Å². The molecular weight excluding hydrogens is 758 g/mol. The fourth-order valence-corrected chi connectivity index (χ4v) is 9.34. The molecule has 8 nitrogen and oxygen atoms in total. The van der Waals surface area contributed by atoms with Crippen molar-refractivity contribution in [1.82, 2.24) is 4.67 Å². The van der Waals surface area contributed by atoms with Crippen LogP contribution in [0.15, 0.2) is 30.3 Å². The molecule has 0 spiro atoms. The Kier molecular flexibility index (Phi) is 37.8. The van der Waals surface area contributed by atoms with Crippen molar-refractivity contribution >= 4 is 19.7 Å². The van der Waals surface area contributed by atoms with Crippen molar-refractivity contribution in [2.75, 3.05) is 26.3 Å². The minimum atomic E-state index is -3.74. The number of hydrogen-bond acceptors (Lipinski definition) is 7. The highest BCUT2D eigenvalue weighted by molar-refractivity contribution is 7.51.